The molecule has 2 heterocycles. The van der Waals surface area contributed by atoms with Crippen LogP contribution >= 0.6 is 0 Å². The van der Waals surface area contributed by atoms with Gasteiger partial charge in [-0.05, 0) is 12.6 Å². The lowest BCUT2D eigenvalue weighted by atomic mass is 10.0. The Bertz CT molecular complexity index is 599. The second kappa shape index (κ2) is 6.27. The molecule has 1 fully saturated rings. The van der Waals surface area contributed by atoms with E-state index in [0.29, 0.717) is 25.1 Å². The number of amides is 2. The van der Waals surface area contributed by atoms with E-state index in [-0.39, 0.29) is 17.9 Å². The van der Waals surface area contributed by atoms with Crippen LogP contribution in [0.3, 0.4) is 0 Å². The summed E-state index contributed by atoms with van der Waals surface area (Å²) >= 11 is 0. The fourth-order valence-corrected chi connectivity index (χ4v) is 2.92. The van der Waals surface area contributed by atoms with Crippen molar-refractivity contribution >= 4 is 17.5 Å². The molecule has 2 amide bonds. The van der Waals surface area contributed by atoms with Crippen molar-refractivity contribution in [2.24, 2.45) is 5.10 Å². The van der Waals surface area contributed by atoms with Crippen LogP contribution < -0.4 is 5.43 Å². The van der Waals surface area contributed by atoms with Crippen molar-refractivity contribution < 1.29 is 9.59 Å². The van der Waals surface area contributed by atoms with E-state index in [4.69, 9.17) is 0 Å². The van der Waals surface area contributed by atoms with Crippen LogP contribution in [0.25, 0.3) is 0 Å². The number of hydrogen-bond donors (Lipinski definition) is 1. The number of nitrogens with zero attached hydrogens (tertiary/aromatic N) is 3. The van der Waals surface area contributed by atoms with Crippen molar-refractivity contribution in [3.8, 4) is 0 Å². The number of carbonyl (C=O) groups is 2. The minimum absolute atomic E-state index is 0.0211. The minimum Gasteiger partial charge on any atom is -0.328 e. The summed E-state index contributed by atoms with van der Waals surface area (Å²) in [6, 6.07) is 10.1. The monoisotopic (exact) mass is 300 g/mol. The molecule has 0 aromatic heterocycles. The summed E-state index contributed by atoms with van der Waals surface area (Å²) in [5.74, 6) is -0.198. The molecule has 1 N–H and O–H groups in total. The Kier molecular flexibility index (Phi) is 4.20. The third kappa shape index (κ3) is 3.01. The fraction of sp³-hybridized carbons (Fsp3) is 0.438. The molecule has 0 radical (unpaired) electrons. The number of likely N-dealkylation sites (N-methyl/N-ethyl adjacent to an activating group) is 1. The smallest absolute Gasteiger partial charge is 0.270 e. The molecule has 0 spiro atoms. The molecular weight excluding hydrogens is 280 g/mol. The van der Waals surface area contributed by atoms with Crippen LogP contribution in [-0.2, 0) is 9.59 Å². The SMILES string of the molecule is CN1CCN(C(=O)C2=NNC(=O)CC2)[C@H](c2ccccc2)C1. The lowest BCUT2D eigenvalue weighted by Gasteiger charge is -2.40. The summed E-state index contributed by atoms with van der Waals surface area (Å²) in [6.45, 7) is 2.31. The van der Waals surface area contributed by atoms with E-state index in [2.05, 4.69) is 34.6 Å². The van der Waals surface area contributed by atoms with Crippen LogP contribution in [-0.4, -0.2) is 54.0 Å². The standard InChI is InChI=1S/C16H20N4O2/c1-19-9-10-20(14(11-19)12-5-3-2-4-6-12)16(22)13-7-8-15(21)18-17-13/h2-6,14H,7-11H2,1H3,(H,18,21)/t14-/m0/s1. The maximum absolute atomic E-state index is 12.8. The first-order valence-corrected chi connectivity index (χ1v) is 7.55. The number of benzene rings is 1. The summed E-state index contributed by atoms with van der Waals surface area (Å²) in [5, 5.41) is 3.95. The summed E-state index contributed by atoms with van der Waals surface area (Å²) in [5.41, 5.74) is 3.98. The van der Waals surface area contributed by atoms with Crippen LogP contribution in [0.15, 0.2) is 35.4 Å². The third-order valence-electron chi connectivity index (χ3n) is 4.18. The van der Waals surface area contributed by atoms with E-state index in [0.717, 1.165) is 18.7 Å². The van der Waals surface area contributed by atoms with Crippen LogP contribution in [0.4, 0.5) is 0 Å². The van der Waals surface area contributed by atoms with Gasteiger partial charge in [-0.15, -0.1) is 0 Å². The van der Waals surface area contributed by atoms with Crippen LogP contribution in [0.5, 0.6) is 0 Å². The van der Waals surface area contributed by atoms with Crippen molar-refractivity contribution in [2.45, 2.75) is 18.9 Å². The van der Waals surface area contributed by atoms with Gasteiger partial charge >= 0.3 is 0 Å². The molecule has 3 rings (SSSR count). The molecule has 0 aliphatic carbocycles. The predicted octanol–water partition coefficient (Wildman–Crippen LogP) is 0.768. The van der Waals surface area contributed by atoms with Gasteiger partial charge in [0.15, 0.2) is 0 Å². The molecule has 2 aliphatic rings. The molecule has 0 bridgehead atoms. The summed E-state index contributed by atoms with van der Waals surface area (Å²) in [4.78, 5) is 28.1. The molecule has 0 saturated carbocycles. The number of carbonyl (C=O) groups excluding carboxylic acids is 2. The zero-order chi connectivity index (χ0) is 15.5. The van der Waals surface area contributed by atoms with Gasteiger partial charge in [0.2, 0.25) is 5.91 Å². The van der Waals surface area contributed by atoms with Crippen molar-refractivity contribution in [1.29, 1.82) is 0 Å². The molecular formula is C16H20N4O2. The Morgan fingerprint density at radius 2 is 2.00 bits per heavy atom. The highest BCUT2D eigenvalue weighted by atomic mass is 16.2. The van der Waals surface area contributed by atoms with Gasteiger partial charge in [-0.1, -0.05) is 30.3 Å². The zero-order valence-electron chi connectivity index (χ0n) is 12.7. The maximum Gasteiger partial charge on any atom is 0.270 e. The first-order valence-electron chi connectivity index (χ1n) is 7.55. The zero-order valence-corrected chi connectivity index (χ0v) is 12.7. The van der Waals surface area contributed by atoms with E-state index in [1.807, 2.05) is 23.1 Å². The molecule has 6 heteroatoms. The molecule has 2 aliphatic heterocycles. The van der Waals surface area contributed by atoms with Crippen molar-refractivity contribution in [3.05, 3.63) is 35.9 Å². The molecule has 6 nitrogen and oxygen atoms in total. The van der Waals surface area contributed by atoms with Gasteiger partial charge in [-0.3, -0.25) is 9.59 Å². The maximum atomic E-state index is 12.8. The van der Waals surface area contributed by atoms with Crippen molar-refractivity contribution in [3.63, 3.8) is 0 Å². The van der Waals surface area contributed by atoms with Crippen LogP contribution in [0.1, 0.15) is 24.4 Å². The van der Waals surface area contributed by atoms with Gasteiger partial charge in [0.1, 0.15) is 5.71 Å². The summed E-state index contributed by atoms with van der Waals surface area (Å²) in [6.07, 6.45) is 0.743. The first kappa shape index (κ1) is 14.7. The normalized spacial score (nSPS) is 23.0. The Morgan fingerprint density at radius 3 is 2.68 bits per heavy atom. The molecule has 1 aromatic rings. The molecule has 0 unspecified atom stereocenters. The van der Waals surface area contributed by atoms with Gasteiger partial charge < -0.3 is 9.80 Å². The Hall–Kier alpha value is -2.21. The highest BCUT2D eigenvalue weighted by molar-refractivity contribution is 6.39. The van der Waals surface area contributed by atoms with Crippen molar-refractivity contribution in [2.75, 3.05) is 26.7 Å². The topological polar surface area (TPSA) is 65.0 Å². The third-order valence-corrected chi connectivity index (χ3v) is 4.18. The van der Waals surface area contributed by atoms with E-state index in [1.54, 1.807) is 0 Å². The van der Waals surface area contributed by atoms with Gasteiger partial charge in [-0.25, -0.2) is 5.43 Å². The summed E-state index contributed by atoms with van der Waals surface area (Å²) < 4.78 is 0. The molecule has 116 valence electrons. The Morgan fingerprint density at radius 1 is 1.23 bits per heavy atom. The van der Waals surface area contributed by atoms with Gasteiger partial charge in [0.05, 0.1) is 6.04 Å². The van der Waals surface area contributed by atoms with E-state index in [9.17, 15) is 9.59 Å². The second-order valence-electron chi connectivity index (χ2n) is 5.78. The number of piperazine rings is 1. The van der Waals surface area contributed by atoms with Gasteiger partial charge in [0, 0.05) is 32.5 Å². The van der Waals surface area contributed by atoms with Gasteiger partial charge in [-0.2, -0.15) is 5.10 Å². The average Bonchev–Trinajstić information content (AvgIpc) is 2.56. The highest BCUT2D eigenvalue weighted by Gasteiger charge is 2.33. The number of hydrogen-bond acceptors (Lipinski definition) is 4. The lowest BCUT2D eigenvalue weighted by Crippen LogP contribution is -2.51. The van der Waals surface area contributed by atoms with E-state index < -0.39 is 0 Å². The largest absolute Gasteiger partial charge is 0.328 e. The van der Waals surface area contributed by atoms with Gasteiger partial charge in [0.25, 0.3) is 5.91 Å². The summed E-state index contributed by atoms with van der Waals surface area (Å²) in [7, 11) is 2.07. The second-order valence-corrected chi connectivity index (χ2v) is 5.78. The van der Waals surface area contributed by atoms with Crippen LogP contribution in [0.2, 0.25) is 0 Å². The van der Waals surface area contributed by atoms with Crippen LogP contribution in [0, 0.1) is 0 Å². The molecule has 1 atom stereocenters. The van der Waals surface area contributed by atoms with E-state index >= 15 is 0 Å². The minimum atomic E-state index is -0.130. The number of rotatable bonds is 2. The number of nitrogens with one attached hydrogen (secondary N) is 1. The lowest BCUT2D eigenvalue weighted by molar-refractivity contribution is -0.129. The predicted molar refractivity (Wildman–Crippen MR) is 83.2 cm³/mol. The fourth-order valence-electron chi connectivity index (χ4n) is 2.92. The van der Waals surface area contributed by atoms with Crippen molar-refractivity contribution in [1.82, 2.24) is 15.2 Å². The molecule has 22 heavy (non-hydrogen) atoms. The average molecular weight is 300 g/mol. The highest BCUT2D eigenvalue weighted by Crippen LogP contribution is 2.25. The Labute approximate surface area is 129 Å². The Balaban J connectivity index is 1.83. The quantitative estimate of drug-likeness (QED) is 0.877. The van der Waals surface area contributed by atoms with E-state index in [1.165, 1.54) is 0 Å². The first-order chi connectivity index (χ1) is 10.6. The molecule has 1 saturated heterocycles. The molecule has 1 aromatic carbocycles. The number of hydrazone groups is 1.